The number of rotatable bonds is 2. The highest BCUT2D eigenvalue weighted by molar-refractivity contribution is 7.16. The number of aromatic nitrogens is 1. The largest absolute Gasteiger partial charge is 0.357 e. The van der Waals surface area contributed by atoms with Crippen LogP contribution >= 0.6 is 11.3 Å². The highest BCUT2D eigenvalue weighted by Crippen LogP contribution is 2.20. The summed E-state index contributed by atoms with van der Waals surface area (Å²) in [5.41, 5.74) is 0. The molecule has 1 aromatic heterocycles. The fraction of sp³-hybridized carbons (Fsp3) is 0.556. The molecule has 1 unspecified atom stereocenters. The third-order valence-electron chi connectivity index (χ3n) is 2.33. The van der Waals surface area contributed by atoms with Crippen molar-refractivity contribution in [1.29, 1.82) is 5.26 Å². The number of nitrogens with one attached hydrogen (secondary N) is 1. The van der Waals surface area contributed by atoms with Crippen LogP contribution in [0.2, 0.25) is 0 Å². The van der Waals surface area contributed by atoms with Crippen LogP contribution in [0, 0.1) is 11.3 Å². The topological polar surface area (TPSA) is 52.0 Å². The first-order valence-electron chi connectivity index (χ1n) is 4.59. The van der Waals surface area contributed by atoms with E-state index < -0.39 is 0 Å². The monoisotopic (exact) mass is 208 g/mol. The number of hydrogen-bond donors (Lipinski definition) is 1. The van der Waals surface area contributed by atoms with E-state index in [1.165, 1.54) is 11.3 Å². The molecule has 1 saturated heterocycles. The van der Waals surface area contributed by atoms with Gasteiger partial charge in [0.05, 0.1) is 6.20 Å². The van der Waals surface area contributed by atoms with Gasteiger partial charge in [0.15, 0.2) is 5.13 Å². The Hall–Kier alpha value is -1.12. The van der Waals surface area contributed by atoms with Crippen LogP contribution in [0.1, 0.15) is 11.3 Å². The second-order valence-electron chi connectivity index (χ2n) is 3.53. The molecule has 2 heterocycles. The number of hydrogen-bond acceptors (Lipinski definition) is 5. The van der Waals surface area contributed by atoms with Crippen LogP contribution in [-0.4, -0.2) is 36.1 Å². The van der Waals surface area contributed by atoms with Crippen LogP contribution in [0.15, 0.2) is 6.20 Å². The van der Waals surface area contributed by atoms with E-state index >= 15 is 0 Å². The Morgan fingerprint density at radius 3 is 3.21 bits per heavy atom. The van der Waals surface area contributed by atoms with E-state index in [9.17, 15) is 0 Å². The first kappa shape index (κ1) is 9.44. The zero-order valence-corrected chi connectivity index (χ0v) is 8.84. The summed E-state index contributed by atoms with van der Waals surface area (Å²) in [7, 11) is 2.12. The first-order chi connectivity index (χ1) is 6.78. The van der Waals surface area contributed by atoms with Crippen molar-refractivity contribution in [3.8, 4) is 6.07 Å². The van der Waals surface area contributed by atoms with Gasteiger partial charge in [-0.2, -0.15) is 5.26 Å². The maximum atomic E-state index is 8.64. The van der Waals surface area contributed by atoms with Gasteiger partial charge in [-0.1, -0.05) is 11.3 Å². The molecule has 74 valence electrons. The van der Waals surface area contributed by atoms with Crippen molar-refractivity contribution < 1.29 is 0 Å². The zero-order chi connectivity index (χ0) is 9.97. The maximum Gasteiger partial charge on any atom is 0.184 e. The van der Waals surface area contributed by atoms with Crippen LogP contribution in [0.5, 0.6) is 0 Å². The number of likely N-dealkylation sites (N-methyl/N-ethyl adjacent to an activating group) is 1. The van der Waals surface area contributed by atoms with Gasteiger partial charge in [-0.25, -0.2) is 4.98 Å². The Bertz CT molecular complexity index is 354. The molecule has 2 rings (SSSR count). The Morgan fingerprint density at radius 2 is 2.64 bits per heavy atom. The maximum absolute atomic E-state index is 8.64. The van der Waals surface area contributed by atoms with Gasteiger partial charge in [0.2, 0.25) is 0 Å². The van der Waals surface area contributed by atoms with Crippen molar-refractivity contribution >= 4 is 16.5 Å². The first-order valence-corrected chi connectivity index (χ1v) is 5.40. The average Bonchev–Trinajstić information content (AvgIpc) is 2.76. The Morgan fingerprint density at radius 1 is 1.79 bits per heavy atom. The Labute approximate surface area is 87.2 Å². The van der Waals surface area contributed by atoms with Gasteiger partial charge < -0.3 is 10.2 Å². The fourth-order valence-electron chi connectivity index (χ4n) is 1.62. The van der Waals surface area contributed by atoms with Gasteiger partial charge in [0.25, 0.3) is 0 Å². The molecule has 0 amide bonds. The van der Waals surface area contributed by atoms with Crippen molar-refractivity contribution in [2.75, 3.05) is 25.5 Å². The van der Waals surface area contributed by atoms with Crippen LogP contribution in [0.4, 0.5) is 5.13 Å². The van der Waals surface area contributed by atoms with Crippen LogP contribution in [0.3, 0.4) is 0 Å². The van der Waals surface area contributed by atoms with Gasteiger partial charge in [-0.3, -0.25) is 0 Å². The summed E-state index contributed by atoms with van der Waals surface area (Å²) >= 11 is 1.42. The van der Waals surface area contributed by atoms with Gasteiger partial charge in [-0.05, 0) is 20.0 Å². The number of nitriles is 1. The molecule has 0 bridgehead atoms. The van der Waals surface area contributed by atoms with Gasteiger partial charge in [-0.15, -0.1) is 0 Å². The van der Waals surface area contributed by atoms with E-state index in [0.717, 1.165) is 24.6 Å². The molecule has 1 aliphatic rings. The summed E-state index contributed by atoms with van der Waals surface area (Å²) < 4.78 is 0. The number of anilines is 1. The molecule has 0 radical (unpaired) electrons. The normalized spacial score (nSPS) is 22.1. The molecule has 0 saturated carbocycles. The zero-order valence-electron chi connectivity index (χ0n) is 8.03. The average molecular weight is 208 g/mol. The lowest BCUT2D eigenvalue weighted by molar-refractivity contribution is 0.414. The minimum Gasteiger partial charge on any atom is -0.357 e. The predicted molar refractivity (Wildman–Crippen MR) is 56.4 cm³/mol. The SMILES string of the molecule is CN1CCC(Nc2ncc(C#N)s2)C1. The molecule has 1 N–H and O–H groups in total. The lowest BCUT2D eigenvalue weighted by atomic mass is 10.3. The second kappa shape index (κ2) is 3.95. The third-order valence-corrected chi connectivity index (χ3v) is 3.17. The molecule has 4 nitrogen and oxygen atoms in total. The minimum atomic E-state index is 0.484. The molecule has 14 heavy (non-hydrogen) atoms. The van der Waals surface area contributed by atoms with Crippen molar-refractivity contribution in [2.24, 2.45) is 0 Å². The highest BCUT2D eigenvalue weighted by atomic mass is 32.1. The molecule has 1 fully saturated rings. The highest BCUT2D eigenvalue weighted by Gasteiger charge is 2.19. The van der Waals surface area contributed by atoms with E-state index in [-0.39, 0.29) is 0 Å². The summed E-state index contributed by atoms with van der Waals surface area (Å²) in [6.07, 6.45) is 2.77. The van der Waals surface area contributed by atoms with E-state index in [4.69, 9.17) is 5.26 Å². The molecule has 1 atom stereocenters. The molecule has 0 aliphatic carbocycles. The van der Waals surface area contributed by atoms with E-state index in [1.54, 1.807) is 6.20 Å². The fourth-order valence-corrected chi connectivity index (χ4v) is 2.31. The lowest BCUT2D eigenvalue weighted by Crippen LogP contribution is -2.23. The van der Waals surface area contributed by atoms with Crippen molar-refractivity contribution in [3.63, 3.8) is 0 Å². The molecule has 1 aromatic rings. The standard InChI is InChI=1S/C9H12N4S/c1-13-3-2-7(6-13)12-9-11-5-8(4-10)14-9/h5,7H,2-3,6H2,1H3,(H,11,12). The molecular formula is C9H12N4S. The van der Waals surface area contributed by atoms with Crippen LogP contribution in [-0.2, 0) is 0 Å². The molecule has 1 aliphatic heterocycles. The molecular weight excluding hydrogens is 196 g/mol. The summed E-state index contributed by atoms with van der Waals surface area (Å²) in [5, 5.41) is 12.8. The van der Waals surface area contributed by atoms with Crippen molar-refractivity contribution in [3.05, 3.63) is 11.1 Å². The van der Waals surface area contributed by atoms with Gasteiger partial charge in [0, 0.05) is 12.6 Å². The number of thiazole rings is 1. The van der Waals surface area contributed by atoms with E-state index in [1.807, 2.05) is 0 Å². The Balaban J connectivity index is 1.95. The smallest absolute Gasteiger partial charge is 0.184 e. The van der Waals surface area contributed by atoms with E-state index in [2.05, 4.69) is 28.3 Å². The molecule has 5 heteroatoms. The second-order valence-corrected chi connectivity index (χ2v) is 4.56. The number of nitrogens with zero attached hydrogens (tertiary/aromatic N) is 3. The van der Waals surface area contributed by atoms with Gasteiger partial charge in [0.1, 0.15) is 10.9 Å². The predicted octanol–water partition coefficient (Wildman–Crippen LogP) is 1.13. The summed E-state index contributed by atoms with van der Waals surface area (Å²) in [4.78, 5) is 7.10. The molecule has 0 aromatic carbocycles. The van der Waals surface area contributed by atoms with Crippen LogP contribution in [0.25, 0.3) is 0 Å². The number of likely N-dealkylation sites (tertiary alicyclic amines) is 1. The molecule has 0 spiro atoms. The summed E-state index contributed by atoms with van der Waals surface area (Å²) in [5.74, 6) is 0. The van der Waals surface area contributed by atoms with Gasteiger partial charge >= 0.3 is 0 Å². The summed E-state index contributed by atoms with van der Waals surface area (Å²) in [6, 6.07) is 2.57. The quantitative estimate of drug-likeness (QED) is 0.791. The minimum absolute atomic E-state index is 0.484. The van der Waals surface area contributed by atoms with Crippen molar-refractivity contribution in [2.45, 2.75) is 12.5 Å². The Kier molecular flexibility index (Phi) is 2.66. The lowest BCUT2D eigenvalue weighted by Gasteiger charge is -2.10. The summed E-state index contributed by atoms with van der Waals surface area (Å²) in [6.45, 7) is 2.19. The third kappa shape index (κ3) is 2.03. The van der Waals surface area contributed by atoms with Crippen LogP contribution < -0.4 is 5.32 Å². The van der Waals surface area contributed by atoms with Crippen molar-refractivity contribution in [1.82, 2.24) is 9.88 Å². The van der Waals surface area contributed by atoms with E-state index in [0.29, 0.717) is 10.9 Å².